The molecular formula is C30H26ClNO4. The summed E-state index contributed by atoms with van der Waals surface area (Å²) < 4.78 is 6.18. The second-order valence-electron chi connectivity index (χ2n) is 8.71. The molecule has 6 heteroatoms. The van der Waals surface area contributed by atoms with Crippen molar-refractivity contribution in [3.05, 3.63) is 107 Å². The molecule has 0 saturated carbocycles. The van der Waals surface area contributed by atoms with Crippen molar-refractivity contribution in [3.63, 3.8) is 0 Å². The number of halogens is 1. The number of hydrogen-bond donors (Lipinski definition) is 2. The molecule has 0 aliphatic rings. The van der Waals surface area contributed by atoms with Crippen LogP contribution in [0.4, 0.5) is 5.69 Å². The Morgan fingerprint density at radius 2 is 1.56 bits per heavy atom. The first-order valence-electron chi connectivity index (χ1n) is 11.6. The predicted molar refractivity (Wildman–Crippen MR) is 144 cm³/mol. The molecule has 0 heterocycles. The first-order valence-corrected chi connectivity index (χ1v) is 11.9. The number of amides is 1. The quantitative estimate of drug-likeness (QED) is 0.262. The number of carbonyl (C=O) groups excluding carboxylic acids is 1. The monoisotopic (exact) mass is 499 g/mol. The molecule has 0 aliphatic heterocycles. The Labute approximate surface area is 215 Å². The molecule has 0 spiro atoms. The van der Waals surface area contributed by atoms with Crippen LogP contribution in [0.5, 0.6) is 5.75 Å². The number of hydrogen-bond acceptors (Lipinski definition) is 3. The first-order chi connectivity index (χ1) is 17.3. The van der Waals surface area contributed by atoms with E-state index < -0.39 is 5.97 Å². The number of anilines is 1. The van der Waals surface area contributed by atoms with E-state index in [1.807, 2.05) is 66.7 Å². The molecule has 0 atom stereocenters. The predicted octanol–water partition coefficient (Wildman–Crippen LogP) is 7.55. The highest BCUT2D eigenvalue weighted by Gasteiger charge is 2.17. The van der Waals surface area contributed by atoms with Crippen molar-refractivity contribution in [2.75, 3.05) is 5.32 Å². The highest BCUT2D eigenvalue weighted by atomic mass is 35.5. The van der Waals surface area contributed by atoms with Crippen molar-refractivity contribution < 1.29 is 19.4 Å². The van der Waals surface area contributed by atoms with Crippen molar-refractivity contribution in [2.24, 2.45) is 5.92 Å². The van der Waals surface area contributed by atoms with E-state index in [0.717, 1.165) is 22.3 Å². The van der Waals surface area contributed by atoms with Crippen molar-refractivity contribution in [1.82, 2.24) is 0 Å². The van der Waals surface area contributed by atoms with E-state index >= 15 is 0 Å². The highest BCUT2D eigenvalue weighted by molar-refractivity contribution is 6.31. The van der Waals surface area contributed by atoms with Gasteiger partial charge in [-0.15, -0.1) is 0 Å². The zero-order valence-electron chi connectivity index (χ0n) is 20.0. The Morgan fingerprint density at radius 1 is 0.861 bits per heavy atom. The lowest BCUT2D eigenvalue weighted by molar-refractivity contribution is -0.118. The van der Waals surface area contributed by atoms with Crippen LogP contribution in [-0.4, -0.2) is 17.0 Å². The molecule has 2 N–H and O–H groups in total. The topological polar surface area (TPSA) is 75.6 Å². The maximum absolute atomic E-state index is 12.3. The van der Waals surface area contributed by atoms with E-state index in [0.29, 0.717) is 28.6 Å². The number of aromatic carboxylic acids is 1. The largest absolute Gasteiger partial charge is 0.488 e. The van der Waals surface area contributed by atoms with Crippen LogP contribution in [0.1, 0.15) is 29.8 Å². The number of carbonyl (C=O) groups is 2. The molecule has 0 fully saturated rings. The number of carboxylic acid groups (broad SMARTS) is 1. The van der Waals surface area contributed by atoms with Crippen LogP contribution in [0, 0.1) is 5.92 Å². The standard InChI is InChI=1S/C30H26ClNO4/c1-19(2)29(33)32-24-15-21(14-22(16-24)30(34)35)25-10-6-7-11-26(25)27-17-23(31)12-13-28(27)36-18-20-8-4-3-5-9-20/h3-17,19H,18H2,1-2H3,(H,32,33)(H,34,35). The Morgan fingerprint density at radius 3 is 2.25 bits per heavy atom. The summed E-state index contributed by atoms with van der Waals surface area (Å²) in [7, 11) is 0. The van der Waals surface area contributed by atoms with Crippen LogP contribution >= 0.6 is 11.6 Å². The lowest BCUT2D eigenvalue weighted by atomic mass is 9.92. The van der Waals surface area contributed by atoms with Gasteiger partial charge in [-0.25, -0.2) is 4.79 Å². The summed E-state index contributed by atoms with van der Waals surface area (Å²) in [5, 5.41) is 13.1. The molecule has 0 aliphatic carbocycles. The molecule has 1 amide bonds. The molecule has 36 heavy (non-hydrogen) atoms. The van der Waals surface area contributed by atoms with Gasteiger partial charge in [0.1, 0.15) is 12.4 Å². The number of carboxylic acids is 1. The Bertz CT molecular complexity index is 1400. The van der Waals surface area contributed by atoms with Gasteiger partial charge in [0.15, 0.2) is 0 Å². The number of benzene rings is 4. The number of rotatable bonds is 8. The van der Waals surface area contributed by atoms with Gasteiger partial charge in [0.05, 0.1) is 5.56 Å². The normalized spacial score (nSPS) is 10.8. The smallest absolute Gasteiger partial charge is 0.335 e. The minimum Gasteiger partial charge on any atom is -0.488 e. The zero-order chi connectivity index (χ0) is 25.7. The minimum atomic E-state index is -1.08. The zero-order valence-corrected chi connectivity index (χ0v) is 20.8. The molecular weight excluding hydrogens is 474 g/mol. The summed E-state index contributed by atoms with van der Waals surface area (Å²) in [5.74, 6) is -0.865. The van der Waals surface area contributed by atoms with Crippen molar-refractivity contribution >= 4 is 29.2 Å². The number of nitrogens with one attached hydrogen (secondary N) is 1. The summed E-state index contributed by atoms with van der Waals surface area (Å²) in [6, 6.07) is 27.8. The van der Waals surface area contributed by atoms with Crippen molar-refractivity contribution in [1.29, 1.82) is 0 Å². The second-order valence-corrected chi connectivity index (χ2v) is 9.14. The van der Waals surface area contributed by atoms with Crippen molar-refractivity contribution in [2.45, 2.75) is 20.5 Å². The van der Waals surface area contributed by atoms with Gasteiger partial charge in [-0.05, 0) is 58.7 Å². The Kier molecular flexibility index (Phi) is 7.71. The third-order valence-electron chi connectivity index (χ3n) is 5.68. The van der Waals surface area contributed by atoms with E-state index in [1.165, 1.54) is 6.07 Å². The summed E-state index contributed by atoms with van der Waals surface area (Å²) in [6.45, 7) is 3.95. The maximum atomic E-state index is 12.3. The van der Waals surface area contributed by atoms with Crippen LogP contribution in [0.2, 0.25) is 5.02 Å². The molecule has 0 unspecified atom stereocenters. The average Bonchev–Trinajstić information content (AvgIpc) is 2.88. The van der Waals surface area contributed by atoms with E-state index in [2.05, 4.69) is 5.32 Å². The van der Waals surface area contributed by atoms with Crippen LogP contribution in [0.15, 0.2) is 91.0 Å². The van der Waals surface area contributed by atoms with Gasteiger partial charge < -0.3 is 15.2 Å². The van der Waals surface area contributed by atoms with Gasteiger partial charge >= 0.3 is 5.97 Å². The van der Waals surface area contributed by atoms with Gasteiger partial charge in [0, 0.05) is 22.2 Å². The van der Waals surface area contributed by atoms with E-state index in [-0.39, 0.29) is 17.4 Å². The molecule has 0 saturated heterocycles. The third-order valence-corrected chi connectivity index (χ3v) is 5.91. The van der Waals surface area contributed by atoms with Gasteiger partial charge in [0.25, 0.3) is 0 Å². The lowest BCUT2D eigenvalue weighted by Gasteiger charge is -2.17. The van der Waals surface area contributed by atoms with E-state index in [4.69, 9.17) is 16.3 Å². The fraction of sp³-hybridized carbons (Fsp3) is 0.133. The molecule has 5 nitrogen and oxygen atoms in total. The summed E-state index contributed by atoms with van der Waals surface area (Å²) >= 11 is 6.38. The lowest BCUT2D eigenvalue weighted by Crippen LogP contribution is -2.18. The Hall–Kier alpha value is -4.09. The van der Waals surface area contributed by atoms with Crippen LogP contribution in [-0.2, 0) is 11.4 Å². The molecule has 0 radical (unpaired) electrons. The SMILES string of the molecule is CC(C)C(=O)Nc1cc(C(=O)O)cc(-c2ccccc2-c2cc(Cl)ccc2OCc2ccccc2)c1. The van der Waals surface area contributed by atoms with E-state index in [1.54, 1.807) is 32.0 Å². The van der Waals surface area contributed by atoms with Crippen molar-refractivity contribution in [3.8, 4) is 28.0 Å². The van der Waals surface area contributed by atoms with Gasteiger partial charge in [-0.1, -0.05) is 80.0 Å². The molecule has 0 aromatic heterocycles. The van der Waals surface area contributed by atoms with E-state index in [9.17, 15) is 14.7 Å². The van der Waals surface area contributed by atoms with Gasteiger partial charge in [0.2, 0.25) is 5.91 Å². The van der Waals surface area contributed by atoms with Crippen LogP contribution < -0.4 is 10.1 Å². The fourth-order valence-electron chi connectivity index (χ4n) is 3.81. The van der Waals surface area contributed by atoms with Gasteiger partial charge in [-0.3, -0.25) is 4.79 Å². The molecule has 0 bridgehead atoms. The first kappa shape index (κ1) is 25.0. The second kappa shape index (κ2) is 11.1. The molecule has 4 aromatic carbocycles. The molecule has 182 valence electrons. The maximum Gasteiger partial charge on any atom is 0.335 e. The highest BCUT2D eigenvalue weighted by Crippen LogP contribution is 2.40. The van der Waals surface area contributed by atoms with Crippen LogP contribution in [0.25, 0.3) is 22.3 Å². The molecule has 4 rings (SSSR count). The average molecular weight is 500 g/mol. The number of ether oxygens (including phenoxy) is 1. The summed E-state index contributed by atoms with van der Waals surface area (Å²) in [4.78, 5) is 24.2. The minimum absolute atomic E-state index is 0.0769. The summed E-state index contributed by atoms with van der Waals surface area (Å²) in [6.07, 6.45) is 0. The van der Waals surface area contributed by atoms with Crippen LogP contribution in [0.3, 0.4) is 0 Å². The summed E-state index contributed by atoms with van der Waals surface area (Å²) in [5.41, 5.74) is 4.57. The molecule has 4 aromatic rings. The fourth-order valence-corrected chi connectivity index (χ4v) is 3.98. The third kappa shape index (κ3) is 5.93. The Balaban J connectivity index is 1.79. The van der Waals surface area contributed by atoms with Gasteiger partial charge in [-0.2, -0.15) is 0 Å².